The molecule has 0 saturated heterocycles. The molecule has 1 rings (SSSR count). The summed E-state index contributed by atoms with van der Waals surface area (Å²) < 4.78 is 40.8. The Labute approximate surface area is 112 Å². The van der Waals surface area contributed by atoms with Gasteiger partial charge >= 0.3 is 0 Å². The number of rotatable bonds is 5. The van der Waals surface area contributed by atoms with Crippen LogP contribution in [0.1, 0.15) is 18.9 Å². The van der Waals surface area contributed by atoms with Gasteiger partial charge in [0.05, 0.1) is 17.9 Å². The minimum Gasteiger partial charge on any atom is -0.395 e. The van der Waals surface area contributed by atoms with Crippen molar-refractivity contribution in [2.75, 3.05) is 17.9 Å². The lowest BCUT2D eigenvalue weighted by atomic mass is 10.2. The number of aliphatic hydroxyl groups excluding tert-OH is 1. The van der Waals surface area contributed by atoms with Gasteiger partial charge in [0.25, 0.3) is 10.2 Å². The number of hydrogen-bond donors (Lipinski definition) is 3. The molecule has 0 amide bonds. The Balaban J connectivity index is 2.86. The van der Waals surface area contributed by atoms with Gasteiger partial charge in [0.15, 0.2) is 0 Å². The van der Waals surface area contributed by atoms with E-state index in [0.29, 0.717) is 0 Å². The Bertz CT molecular complexity index is 591. The molecule has 19 heavy (non-hydrogen) atoms. The number of anilines is 1. The normalized spacial score (nSPS) is 10.7. The highest BCUT2D eigenvalue weighted by molar-refractivity contribution is 7.90. The van der Waals surface area contributed by atoms with Crippen molar-refractivity contribution in [1.82, 2.24) is 4.72 Å². The Kier molecular flexibility index (Phi) is 5.76. The number of aliphatic hydroxyl groups is 1. The Morgan fingerprint density at radius 3 is 2.74 bits per heavy atom. The van der Waals surface area contributed by atoms with E-state index in [1.807, 2.05) is 0 Å². The molecule has 104 valence electrons. The van der Waals surface area contributed by atoms with Crippen LogP contribution < -0.4 is 9.44 Å². The van der Waals surface area contributed by atoms with E-state index in [-0.39, 0.29) is 30.8 Å². The molecule has 0 atom stereocenters. The van der Waals surface area contributed by atoms with Crippen LogP contribution in [-0.4, -0.2) is 26.7 Å². The highest BCUT2D eigenvalue weighted by Gasteiger charge is 2.09. The fourth-order valence-electron chi connectivity index (χ4n) is 1.27. The van der Waals surface area contributed by atoms with Crippen molar-refractivity contribution in [2.24, 2.45) is 0 Å². The van der Waals surface area contributed by atoms with Gasteiger partial charge in [0.2, 0.25) is 0 Å². The SMILES string of the molecule is CCNS(=O)(=O)Nc1ccc(C#CCCO)c(F)c1. The van der Waals surface area contributed by atoms with E-state index >= 15 is 0 Å². The van der Waals surface area contributed by atoms with Crippen molar-refractivity contribution < 1.29 is 17.9 Å². The molecule has 0 bridgehead atoms. The zero-order chi connectivity index (χ0) is 14.3. The molecule has 0 aliphatic rings. The molecular formula is C12H15FN2O3S. The number of halogens is 1. The summed E-state index contributed by atoms with van der Waals surface area (Å²) in [5, 5.41) is 8.56. The molecule has 1 aromatic carbocycles. The first-order chi connectivity index (χ1) is 8.98. The van der Waals surface area contributed by atoms with Crippen molar-refractivity contribution in [2.45, 2.75) is 13.3 Å². The van der Waals surface area contributed by atoms with Crippen LogP contribution in [0.4, 0.5) is 10.1 Å². The maximum Gasteiger partial charge on any atom is 0.299 e. The molecule has 0 fully saturated rings. The highest BCUT2D eigenvalue weighted by atomic mass is 32.2. The van der Waals surface area contributed by atoms with E-state index in [1.54, 1.807) is 6.92 Å². The number of benzene rings is 1. The lowest BCUT2D eigenvalue weighted by Gasteiger charge is -2.08. The molecule has 0 spiro atoms. The quantitative estimate of drug-likeness (QED) is 0.701. The largest absolute Gasteiger partial charge is 0.395 e. The van der Waals surface area contributed by atoms with E-state index in [4.69, 9.17) is 5.11 Å². The Morgan fingerprint density at radius 1 is 1.42 bits per heavy atom. The zero-order valence-electron chi connectivity index (χ0n) is 10.4. The summed E-state index contributed by atoms with van der Waals surface area (Å²) in [6, 6.07) is 3.85. The smallest absolute Gasteiger partial charge is 0.299 e. The minimum absolute atomic E-state index is 0.0881. The molecule has 0 unspecified atom stereocenters. The Hall–Kier alpha value is -1.62. The van der Waals surface area contributed by atoms with Crippen LogP contribution in [0.5, 0.6) is 0 Å². The van der Waals surface area contributed by atoms with Crippen LogP contribution in [-0.2, 0) is 10.2 Å². The van der Waals surface area contributed by atoms with Gasteiger partial charge in [0, 0.05) is 13.0 Å². The second-order valence-electron chi connectivity index (χ2n) is 3.57. The molecule has 0 aliphatic carbocycles. The maximum atomic E-state index is 13.6. The van der Waals surface area contributed by atoms with E-state index in [9.17, 15) is 12.8 Å². The first-order valence-corrected chi connectivity index (χ1v) is 7.13. The molecule has 0 heterocycles. The van der Waals surface area contributed by atoms with Gasteiger partial charge in [-0.2, -0.15) is 13.1 Å². The fraction of sp³-hybridized carbons (Fsp3) is 0.333. The second kappa shape index (κ2) is 7.09. The summed E-state index contributed by atoms with van der Waals surface area (Å²) in [6.07, 6.45) is 0.258. The maximum absolute atomic E-state index is 13.6. The van der Waals surface area contributed by atoms with Crippen molar-refractivity contribution in [3.8, 4) is 11.8 Å². The molecule has 0 saturated carbocycles. The standard InChI is InChI=1S/C12H15FN2O3S/c1-2-14-19(17,18)15-11-7-6-10(12(13)9-11)5-3-4-8-16/h6-7,9,14-16H,2,4,8H2,1H3. The van der Waals surface area contributed by atoms with Crippen molar-refractivity contribution >= 4 is 15.9 Å². The van der Waals surface area contributed by atoms with Gasteiger partial charge in [-0.3, -0.25) is 4.72 Å². The third-order valence-corrected chi connectivity index (χ3v) is 3.19. The van der Waals surface area contributed by atoms with Gasteiger partial charge < -0.3 is 5.11 Å². The molecule has 3 N–H and O–H groups in total. The molecule has 1 aromatic rings. The van der Waals surface area contributed by atoms with Crippen LogP contribution in [0.25, 0.3) is 0 Å². The van der Waals surface area contributed by atoms with E-state index in [0.717, 1.165) is 6.07 Å². The lowest BCUT2D eigenvalue weighted by Crippen LogP contribution is -2.29. The number of nitrogens with one attached hydrogen (secondary N) is 2. The van der Waals surface area contributed by atoms with Crippen LogP contribution >= 0.6 is 0 Å². The highest BCUT2D eigenvalue weighted by Crippen LogP contribution is 2.14. The predicted molar refractivity (Wildman–Crippen MR) is 71.2 cm³/mol. The van der Waals surface area contributed by atoms with Gasteiger partial charge in [0.1, 0.15) is 5.82 Å². The summed E-state index contributed by atoms with van der Waals surface area (Å²) >= 11 is 0. The third kappa shape index (κ3) is 5.26. The summed E-state index contributed by atoms with van der Waals surface area (Å²) in [5.74, 6) is 4.52. The van der Waals surface area contributed by atoms with Gasteiger partial charge in [-0.15, -0.1) is 0 Å². The molecule has 5 nitrogen and oxygen atoms in total. The van der Waals surface area contributed by atoms with Gasteiger partial charge in [-0.1, -0.05) is 18.8 Å². The van der Waals surface area contributed by atoms with Crippen molar-refractivity contribution in [3.05, 3.63) is 29.6 Å². The second-order valence-corrected chi connectivity index (χ2v) is 5.07. The van der Waals surface area contributed by atoms with Gasteiger partial charge in [-0.25, -0.2) is 4.39 Å². The zero-order valence-corrected chi connectivity index (χ0v) is 11.2. The first-order valence-electron chi connectivity index (χ1n) is 5.65. The molecule has 0 aliphatic heterocycles. The first kappa shape index (κ1) is 15.4. The van der Waals surface area contributed by atoms with Crippen LogP contribution in [0, 0.1) is 17.7 Å². The average molecular weight is 286 g/mol. The van der Waals surface area contributed by atoms with E-state index in [2.05, 4.69) is 21.3 Å². The molecule has 0 radical (unpaired) electrons. The van der Waals surface area contributed by atoms with E-state index in [1.165, 1.54) is 12.1 Å². The molecule has 7 heteroatoms. The van der Waals surface area contributed by atoms with Gasteiger partial charge in [-0.05, 0) is 18.2 Å². The minimum atomic E-state index is -3.67. The monoisotopic (exact) mass is 286 g/mol. The number of hydrogen-bond acceptors (Lipinski definition) is 3. The molecule has 0 aromatic heterocycles. The summed E-state index contributed by atoms with van der Waals surface area (Å²) in [5.41, 5.74) is 0.269. The van der Waals surface area contributed by atoms with Crippen LogP contribution in [0.15, 0.2) is 18.2 Å². The van der Waals surface area contributed by atoms with Crippen molar-refractivity contribution in [3.63, 3.8) is 0 Å². The summed E-state index contributed by atoms with van der Waals surface area (Å²) in [6.45, 7) is 1.79. The Morgan fingerprint density at radius 2 is 2.16 bits per heavy atom. The summed E-state index contributed by atoms with van der Waals surface area (Å²) in [7, 11) is -3.67. The van der Waals surface area contributed by atoms with E-state index < -0.39 is 16.0 Å². The topological polar surface area (TPSA) is 78.4 Å². The lowest BCUT2D eigenvalue weighted by molar-refractivity contribution is 0.305. The molecular weight excluding hydrogens is 271 g/mol. The summed E-state index contributed by atoms with van der Waals surface area (Å²) in [4.78, 5) is 0. The van der Waals surface area contributed by atoms with Crippen LogP contribution in [0.3, 0.4) is 0 Å². The average Bonchev–Trinajstić information content (AvgIpc) is 2.31. The fourth-order valence-corrected chi connectivity index (χ4v) is 2.16. The predicted octanol–water partition coefficient (Wildman–Crippen LogP) is 0.826. The van der Waals surface area contributed by atoms with Crippen LogP contribution in [0.2, 0.25) is 0 Å². The van der Waals surface area contributed by atoms with Crippen molar-refractivity contribution in [1.29, 1.82) is 0 Å². The third-order valence-electron chi connectivity index (χ3n) is 2.02.